The van der Waals surface area contributed by atoms with E-state index in [-0.39, 0.29) is 36.9 Å². The van der Waals surface area contributed by atoms with Gasteiger partial charge in [0.15, 0.2) is 6.10 Å². The Balaban J connectivity index is 1.30. The van der Waals surface area contributed by atoms with E-state index in [1.807, 2.05) is 24.3 Å². The maximum absolute atomic E-state index is 12.5. The van der Waals surface area contributed by atoms with E-state index in [1.165, 1.54) is 0 Å². The van der Waals surface area contributed by atoms with Gasteiger partial charge in [0.2, 0.25) is 5.91 Å². The largest absolute Gasteiger partial charge is 0.479 e. The van der Waals surface area contributed by atoms with Crippen molar-refractivity contribution >= 4 is 18.0 Å². The molecule has 8 heteroatoms. The van der Waals surface area contributed by atoms with Crippen molar-refractivity contribution in [3.8, 4) is 11.1 Å². The van der Waals surface area contributed by atoms with Crippen molar-refractivity contribution in [1.82, 2.24) is 10.6 Å². The standard InChI is InChI=1S/C25H28N2O6/c28-22(24(30)31)13-26-23(29)15-6-5-7-16(12-15)27-25(32)33-14-21-19-10-3-1-8-17(19)18-9-2-4-11-20(18)21/h1-4,8-11,15-16,21-22,28H,5-7,12-14H2,(H,26,29)(H,27,32)(H,30,31)/t15-,16+,22?/m1/s1. The Kier molecular flexibility index (Phi) is 6.93. The first-order valence-corrected chi connectivity index (χ1v) is 11.2. The molecule has 1 saturated carbocycles. The second kappa shape index (κ2) is 10.0. The molecule has 2 aliphatic rings. The quantitative estimate of drug-likeness (QED) is 0.512. The highest BCUT2D eigenvalue weighted by molar-refractivity contribution is 5.81. The number of aliphatic hydroxyl groups is 1. The zero-order valence-electron chi connectivity index (χ0n) is 18.2. The lowest BCUT2D eigenvalue weighted by Gasteiger charge is -2.29. The summed E-state index contributed by atoms with van der Waals surface area (Å²) in [6, 6.07) is 16.1. The summed E-state index contributed by atoms with van der Waals surface area (Å²) in [6.07, 6.45) is 0.452. The molecule has 0 radical (unpaired) electrons. The minimum atomic E-state index is -1.63. The van der Waals surface area contributed by atoms with E-state index in [2.05, 4.69) is 34.9 Å². The number of ether oxygens (including phenoxy) is 1. The number of carboxylic acid groups (broad SMARTS) is 1. The maximum Gasteiger partial charge on any atom is 0.407 e. The lowest BCUT2D eigenvalue weighted by Crippen LogP contribution is -2.44. The van der Waals surface area contributed by atoms with Crippen molar-refractivity contribution in [2.75, 3.05) is 13.2 Å². The Morgan fingerprint density at radius 3 is 2.27 bits per heavy atom. The molecule has 2 aromatic rings. The topological polar surface area (TPSA) is 125 Å². The third kappa shape index (κ3) is 5.17. The van der Waals surface area contributed by atoms with Crippen LogP contribution in [0.5, 0.6) is 0 Å². The number of alkyl carbamates (subject to hydrolysis) is 1. The highest BCUT2D eigenvalue weighted by atomic mass is 16.5. The highest BCUT2D eigenvalue weighted by Gasteiger charge is 2.31. The lowest BCUT2D eigenvalue weighted by molar-refractivity contribution is -0.146. The van der Waals surface area contributed by atoms with Crippen molar-refractivity contribution in [3.05, 3.63) is 59.7 Å². The van der Waals surface area contributed by atoms with Gasteiger partial charge in [0.05, 0.1) is 6.54 Å². The van der Waals surface area contributed by atoms with Crippen LogP contribution in [0.3, 0.4) is 0 Å². The van der Waals surface area contributed by atoms with E-state index in [1.54, 1.807) is 0 Å². The molecule has 8 nitrogen and oxygen atoms in total. The Morgan fingerprint density at radius 2 is 1.64 bits per heavy atom. The summed E-state index contributed by atoms with van der Waals surface area (Å²) in [4.78, 5) is 35.5. The first kappa shape index (κ1) is 22.8. The Labute approximate surface area is 192 Å². The third-order valence-corrected chi connectivity index (χ3v) is 6.47. The van der Waals surface area contributed by atoms with Crippen LogP contribution in [0, 0.1) is 5.92 Å². The van der Waals surface area contributed by atoms with Crippen LogP contribution >= 0.6 is 0 Å². The van der Waals surface area contributed by atoms with Gasteiger partial charge in [-0.25, -0.2) is 9.59 Å². The first-order valence-electron chi connectivity index (χ1n) is 11.2. The summed E-state index contributed by atoms with van der Waals surface area (Å²) in [6.45, 7) is -0.112. The van der Waals surface area contributed by atoms with Crippen LogP contribution in [0.4, 0.5) is 4.79 Å². The summed E-state index contributed by atoms with van der Waals surface area (Å²) >= 11 is 0. The molecule has 0 saturated heterocycles. The fourth-order valence-corrected chi connectivity index (χ4v) is 4.79. The van der Waals surface area contributed by atoms with Crippen LogP contribution < -0.4 is 10.6 Å². The van der Waals surface area contributed by atoms with Gasteiger partial charge in [0.25, 0.3) is 0 Å². The van der Waals surface area contributed by atoms with Gasteiger partial charge in [-0.2, -0.15) is 0 Å². The second-order valence-corrected chi connectivity index (χ2v) is 8.63. The molecule has 1 fully saturated rings. The molecule has 4 rings (SSSR count). The van der Waals surface area contributed by atoms with Crippen LogP contribution in [0.25, 0.3) is 11.1 Å². The van der Waals surface area contributed by atoms with Gasteiger partial charge < -0.3 is 25.6 Å². The number of benzene rings is 2. The summed E-state index contributed by atoms with van der Waals surface area (Å²) in [5, 5.41) is 23.4. The molecule has 2 aliphatic carbocycles. The normalized spacial score (nSPS) is 20.3. The summed E-state index contributed by atoms with van der Waals surface area (Å²) in [7, 11) is 0. The molecule has 174 valence electrons. The Bertz CT molecular complexity index is 994. The second-order valence-electron chi connectivity index (χ2n) is 8.63. The van der Waals surface area contributed by atoms with Crippen molar-refractivity contribution in [2.24, 2.45) is 5.92 Å². The minimum absolute atomic E-state index is 0.0197. The van der Waals surface area contributed by atoms with E-state index in [4.69, 9.17) is 9.84 Å². The van der Waals surface area contributed by atoms with Gasteiger partial charge in [0, 0.05) is 17.9 Å². The molecule has 0 aromatic heterocycles. The summed E-state index contributed by atoms with van der Waals surface area (Å²) < 4.78 is 5.59. The van der Waals surface area contributed by atoms with Gasteiger partial charge >= 0.3 is 12.1 Å². The molecule has 33 heavy (non-hydrogen) atoms. The van der Waals surface area contributed by atoms with Crippen LogP contribution in [-0.4, -0.2) is 53.5 Å². The molecular formula is C25H28N2O6. The number of aliphatic carboxylic acids is 1. The average Bonchev–Trinajstić information content (AvgIpc) is 3.15. The van der Waals surface area contributed by atoms with Crippen LogP contribution in [0.15, 0.2) is 48.5 Å². The molecule has 0 aliphatic heterocycles. The van der Waals surface area contributed by atoms with E-state index in [9.17, 15) is 19.5 Å². The van der Waals surface area contributed by atoms with Crippen molar-refractivity contribution in [3.63, 3.8) is 0 Å². The number of nitrogens with one attached hydrogen (secondary N) is 2. The highest BCUT2D eigenvalue weighted by Crippen LogP contribution is 2.44. The average molecular weight is 453 g/mol. The molecule has 4 N–H and O–H groups in total. The first-order chi connectivity index (χ1) is 15.9. The fraction of sp³-hybridized carbons (Fsp3) is 0.400. The monoisotopic (exact) mass is 452 g/mol. The predicted octanol–water partition coefficient (Wildman–Crippen LogP) is 2.65. The number of hydrogen-bond donors (Lipinski definition) is 4. The summed E-state index contributed by atoms with van der Waals surface area (Å²) in [5.74, 6) is -2.06. The van der Waals surface area contributed by atoms with Crippen LogP contribution in [0.2, 0.25) is 0 Å². The van der Waals surface area contributed by atoms with Gasteiger partial charge in [-0.3, -0.25) is 4.79 Å². The lowest BCUT2D eigenvalue weighted by atomic mass is 9.85. The Hall–Kier alpha value is -3.39. The molecule has 2 amide bonds. The van der Waals surface area contributed by atoms with Gasteiger partial charge in [-0.15, -0.1) is 0 Å². The summed E-state index contributed by atoms with van der Waals surface area (Å²) in [5.41, 5.74) is 4.61. The zero-order valence-corrected chi connectivity index (χ0v) is 18.2. The number of hydrogen-bond acceptors (Lipinski definition) is 5. The SMILES string of the molecule is O=C(N[C@H]1CCC[C@@H](C(=O)NCC(O)C(=O)O)C1)OCC1c2ccccc2-c2ccccc21. The number of carbonyl (C=O) groups is 3. The fourth-order valence-electron chi connectivity index (χ4n) is 4.79. The smallest absolute Gasteiger partial charge is 0.407 e. The zero-order chi connectivity index (χ0) is 23.4. The number of amides is 2. The molecule has 0 heterocycles. The van der Waals surface area contributed by atoms with Crippen molar-refractivity contribution < 1.29 is 29.3 Å². The third-order valence-electron chi connectivity index (χ3n) is 6.47. The number of rotatable bonds is 7. The van der Waals surface area contributed by atoms with E-state index < -0.39 is 18.2 Å². The number of carbonyl (C=O) groups excluding carboxylic acids is 2. The van der Waals surface area contributed by atoms with Crippen LogP contribution in [-0.2, 0) is 14.3 Å². The van der Waals surface area contributed by atoms with Gasteiger partial charge in [-0.05, 0) is 41.5 Å². The number of fused-ring (bicyclic) bond motifs is 3. The minimum Gasteiger partial charge on any atom is -0.479 e. The number of aliphatic hydroxyl groups excluding tert-OH is 1. The molecule has 2 aromatic carbocycles. The van der Waals surface area contributed by atoms with Gasteiger partial charge in [0.1, 0.15) is 6.61 Å². The molecule has 3 atom stereocenters. The van der Waals surface area contributed by atoms with Crippen LogP contribution in [0.1, 0.15) is 42.7 Å². The Morgan fingerprint density at radius 1 is 1.00 bits per heavy atom. The van der Waals surface area contributed by atoms with E-state index in [0.717, 1.165) is 35.1 Å². The number of carboxylic acids is 1. The van der Waals surface area contributed by atoms with Gasteiger partial charge in [-0.1, -0.05) is 55.0 Å². The molecule has 1 unspecified atom stereocenters. The molecule has 0 spiro atoms. The van der Waals surface area contributed by atoms with Crippen molar-refractivity contribution in [2.45, 2.75) is 43.7 Å². The van der Waals surface area contributed by atoms with E-state index >= 15 is 0 Å². The molecular weight excluding hydrogens is 424 g/mol. The maximum atomic E-state index is 12.5. The molecule has 0 bridgehead atoms. The van der Waals surface area contributed by atoms with Crippen molar-refractivity contribution in [1.29, 1.82) is 0 Å². The predicted molar refractivity (Wildman–Crippen MR) is 121 cm³/mol. The van der Waals surface area contributed by atoms with E-state index in [0.29, 0.717) is 12.8 Å².